The quantitative estimate of drug-likeness (QED) is 0.120. The fraction of sp³-hybridized carbons (Fsp3) is 0.238. The normalized spacial score (nSPS) is 11.9. The predicted octanol–water partition coefficient (Wildman–Crippen LogP) is 35.3. The van der Waals surface area contributed by atoms with E-state index in [2.05, 4.69) is 212 Å². The Balaban J connectivity index is 0. The van der Waals surface area contributed by atoms with Gasteiger partial charge in [0.25, 0.3) is 0 Å². The number of H-pyrrole nitrogens is 2. The fourth-order valence-corrected chi connectivity index (χ4v) is 14.8. The number of carbonyl (C=O) groups is 1. The molecule has 24 rings (SSSR count). The number of furan rings is 1. The second-order valence-electron chi connectivity index (χ2n) is 30.2. The van der Waals surface area contributed by atoms with E-state index >= 15 is 0 Å². The number of esters is 1. The van der Waals surface area contributed by atoms with E-state index in [0.717, 1.165) is 68.5 Å². The number of hydrogen-bond donors (Lipinski definition) is 4. The van der Waals surface area contributed by atoms with E-state index in [1.54, 1.807) is 53.4 Å². The fourth-order valence-electron chi connectivity index (χ4n) is 14.1. The van der Waals surface area contributed by atoms with Crippen LogP contribution in [0.5, 0.6) is 0 Å². The number of aliphatic imine (C=N–C) groups is 1. The van der Waals surface area contributed by atoms with Gasteiger partial charge in [-0.25, -0.2) is 9.97 Å². The Morgan fingerprint density at radius 1 is 0.408 bits per heavy atom. The number of methoxy groups -OCH3 is 1. The van der Waals surface area contributed by atoms with Gasteiger partial charge in [-0.1, -0.05) is 441 Å². The van der Waals surface area contributed by atoms with Crippen molar-refractivity contribution in [1.29, 1.82) is 0 Å². The van der Waals surface area contributed by atoms with Crippen molar-refractivity contribution in [2.45, 2.75) is 166 Å². The summed E-state index contributed by atoms with van der Waals surface area (Å²) < 4.78 is 12.7. The second-order valence-corrected chi connectivity index (χ2v) is 31.1. The summed E-state index contributed by atoms with van der Waals surface area (Å²) in [6.45, 7) is 3.78. The molecule has 2 unspecified atom stereocenters. The topological polar surface area (TPSA) is 190 Å². The molecular weight excluding hydrogens is 1760 g/mol. The summed E-state index contributed by atoms with van der Waals surface area (Å²) in [5.41, 5.74) is 16.5. The number of aryl methyl sites for hydroxylation is 1. The van der Waals surface area contributed by atoms with Gasteiger partial charge in [0.1, 0.15) is 11.3 Å². The number of imidazole rings is 1. The number of fused-ring (bicyclic) bond motifs is 7. The van der Waals surface area contributed by atoms with Crippen LogP contribution in [-0.2, 0) is 29.4 Å². The van der Waals surface area contributed by atoms with E-state index in [1.165, 1.54) is 139 Å². The number of nitrogens with one attached hydrogen (secondary N) is 4. The van der Waals surface area contributed by atoms with Gasteiger partial charge in [-0.2, -0.15) is 0 Å². The van der Waals surface area contributed by atoms with E-state index in [4.69, 9.17) is 4.42 Å². The minimum absolute atomic E-state index is 0. The average molecular weight is 1930 g/mol. The smallest absolute Gasteiger partial charge is 0.309 e. The molecule has 20 aromatic rings. The lowest BCUT2D eigenvalue weighted by molar-refractivity contribution is -0.139. The first-order valence-electron chi connectivity index (χ1n) is 44.4. The minimum atomic E-state index is -0.211. The monoisotopic (exact) mass is 1930 g/mol. The largest absolute Gasteiger partial charge is 0.469 e. The van der Waals surface area contributed by atoms with E-state index in [0.29, 0.717) is 6.42 Å². The minimum Gasteiger partial charge on any atom is -0.469 e. The highest BCUT2D eigenvalue weighted by atomic mass is 32.1. The third-order valence-corrected chi connectivity index (χ3v) is 21.7. The number of pyridine rings is 2. The number of benzene rings is 13. The first-order chi connectivity index (χ1) is 64.4. The number of aromatic nitrogens is 9. The van der Waals surface area contributed by atoms with Gasteiger partial charge < -0.3 is 29.8 Å². The van der Waals surface area contributed by atoms with E-state index in [1.807, 2.05) is 280 Å². The lowest BCUT2D eigenvalue weighted by atomic mass is 9.80. The Labute approximate surface area is 857 Å². The summed E-state index contributed by atoms with van der Waals surface area (Å²) in [6.07, 6.45) is 32.3. The molecule has 1 aliphatic carbocycles. The number of piperidine rings is 2. The van der Waals surface area contributed by atoms with Crippen molar-refractivity contribution < 1.29 is 13.9 Å². The predicted molar refractivity (Wildman–Crippen MR) is 624 cm³/mol. The maximum atomic E-state index is 11.1. The van der Waals surface area contributed by atoms with Crippen LogP contribution in [0.25, 0.3) is 87.3 Å². The summed E-state index contributed by atoms with van der Waals surface area (Å²) in [4.78, 5) is 36.9. The zero-order valence-corrected chi connectivity index (χ0v) is 75.0. The van der Waals surface area contributed by atoms with Gasteiger partial charge in [0.05, 0.1) is 59.2 Å². The third kappa shape index (κ3) is 48.6. The summed E-state index contributed by atoms with van der Waals surface area (Å²) in [7, 11) is 3.26. The number of hydrogen-bond acceptors (Lipinski definition) is 13. The van der Waals surface area contributed by atoms with Crippen LogP contribution in [-0.4, -0.2) is 89.9 Å². The van der Waals surface area contributed by atoms with E-state index in [-0.39, 0.29) is 95.1 Å². The highest BCUT2D eigenvalue weighted by Gasteiger charge is 2.26. The van der Waals surface area contributed by atoms with Crippen LogP contribution >= 0.6 is 11.3 Å². The number of nitrogens with zero attached hydrogens (tertiary/aromatic N) is 8. The average Bonchev–Trinajstić information content (AvgIpc) is 1.77. The number of rotatable bonds is 5. The van der Waals surface area contributed by atoms with Crippen molar-refractivity contribution in [2.75, 3.05) is 26.7 Å². The number of carbonyl (C=O) groups excluding carboxylic acids is 1. The van der Waals surface area contributed by atoms with Gasteiger partial charge in [0.2, 0.25) is 0 Å². The first kappa shape index (κ1) is 129. The molecule has 4 aliphatic rings. The molecule has 0 radical (unpaired) electrons. The van der Waals surface area contributed by atoms with Gasteiger partial charge in [0, 0.05) is 84.8 Å². The Kier molecular flexibility index (Phi) is 71.7. The maximum absolute atomic E-state index is 11.1. The summed E-state index contributed by atoms with van der Waals surface area (Å²) in [6, 6.07) is 133. The maximum Gasteiger partial charge on any atom is 0.309 e. The van der Waals surface area contributed by atoms with Crippen molar-refractivity contribution >= 4 is 83.0 Å². The van der Waals surface area contributed by atoms with Crippen LogP contribution in [0, 0.1) is 5.92 Å². The van der Waals surface area contributed by atoms with Crippen LogP contribution in [0.3, 0.4) is 0 Å². The van der Waals surface area contributed by atoms with Crippen LogP contribution in [0.15, 0.2) is 465 Å². The molecule has 1 saturated carbocycles. The van der Waals surface area contributed by atoms with E-state index in [9.17, 15) is 4.79 Å². The first-order valence-corrected chi connectivity index (χ1v) is 45.3. The number of aromatic amines is 2. The van der Waals surface area contributed by atoms with Gasteiger partial charge in [-0.05, 0) is 180 Å². The van der Waals surface area contributed by atoms with Crippen molar-refractivity contribution in [3.63, 3.8) is 0 Å². The molecule has 0 bridgehead atoms. The zero-order valence-electron chi connectivity index (χ0n) is 74.1. The van der Waals surface area contributed by atoms with Crippen molar-refractivity contribution in [3.05, 3.63) is 467 Å². The Hall–Kier alpha value is -14.9. The molecule has 10 heterocycles. The molecule has 16 heteroatoms. The molecule has 3 fully saturated rings. The van der Waals surface area contributed by atoms with Gasteiger partial charge >= 0.3 is 5.97 Å². The van der Waals surface area contributed by atoms with Crippen LogP contribution < -0.4 is 10.6 Å². The molecule has 4 N–H and O–H groups in total. The lowest BCUT2D eigenvalue weighted by Crippen LogP contribution is -2.42. The molecule has 15 nitrogen and oxygen atoms in total. The Morgan fingerprint density at radius 2 is 0.894 bits per heavy atom. The highest BCUT2D eigenvalue weighted by Crippen LogP contribution is 2.31. The van der Waals surface area contributed by atoms with Crippen LogP contribution in [0.1, 0.15) is 158 Å². The molecule has 13 aromatic carbocycles. The van der Waals surface area contributed by atoms with Crippen LogP contribution in [0.4, 0.5) is 5.69 Å². The molecule has 0 amide bonds. The highest BCUT2D eigenvalue weighted by molar-refractivity contribution is 7.16. The van der Waals surface area contributed by atoms with Crippen LogP contribution in [0.2, 0.25) is 0 Å². The number of thiazole rings is 1. The molecule has 142 heavy (non-hydrogen) atoms. The number of para-hydroxylation sites is 5. The Morgan fingerprint density at radius 3 is 1.37 bits per heavy atom. The molecule has 3 aliphatic heterocycles. The molecule has 0 spiro atoms. The summed E-state index contributed by atoms with van der Waals surface area (Å²) in [5, 5.41) is 21.0. The second kappa shape index (κ2) is 78.9. The summed E-state index contributed by atoms with van der Waals surface area (Å²) >= 11 is 1.68. The van der Waals surface area contributed by atoms with Gasteiger partial charge in [-0.15, -0.1) is 16.4 Å². The summed E-state index contributed by atoms with van der Waals surface area (Å²) in [5.74, 6) is 0.833. The van der Waals surface area contributed by atoms with Crippen molar-refractivity contribution in [1.82, 2.24) is 55.5 Å². The van der Waals surface area contributed by atoms with Crippen molar-refractivity contribution in [3.8, 4) is 33.5 Å². The van der Waals surface area contributed by atoms with Gasteiger partial charge in [-0.3, -0.25) is 24.4 Å². The molecule has 2 atom stereocenters. The zero-order chi connectivity index (χ0) is 89.8. The lowest BCUT2D eigenvalue weighted by Gasteiger charge is -2.36. The molecule has 752 valence electrons. The standard InChI is InChI=1S/C15H14O2.C12H10.C10H8.C9H9N3.C9H17N.C9H7N.2C8H7N.C8H6O.C7H5NS.C6H6.C5H11N.C5H5N.C3H4N2.12CH4/c1-17-15(16)11-12-7-9-14(10-8-12)13-5-3-2-4-6-13;1-3-7-11(8-4-1)12-9-5-2-6-10-12;1-2-6-10-8-4-3-7-9(10)5-1;1-12-7-9(10-11-12)8-5-3-2-4-6-8;2*1-2-6-9-8(4-1)5-3-7-10-9;3*1-2-4-8-7(3-1)5-6-9-8;1-2-4-7-6(3-1)8-5-9-7;3*1-2-4-6-5-3-1;1-2-5-3-4-1;;;;;;;;;;;;/h2-10H,11H2,1H3;1-10H;1-8H;2-7H,1H3;8-10H,1-7H2;1-7H;1-4,6H,5H2;1-6,9H;1-6H;1-5H;1-6H;6H,1-5H2;1-5H;1-3H,(H,4,5);12*1H4. The number of ether oxygens (including phenoxy) is 1. The Bertz CT molecular complexity index is 5690. The van der Waals surface area contributed by atoms with Gasteiger partial charge in [0.15, 0.2) is 0 Å². The van der Waals surface area contributed by atoms with Crippen molar-refractivity contribution in [2.24, 2.45) is 18.0 Å². The third-order valence-electron chi connectivity index (χ3n) is 20.9. The SMILES string of the molecule is C.C.C.C.C.C.C.C.C.C.C.C.C1=Nc2ccccc2C1.C1CCC2NCCCC2C1.C1CCNCC1.COC(=O)Cc1ccc(-c2ccccc2)cc1.Cn1cc(-c2ccccc2)nn1.c1c[nH]cn1.c1ccc(-c2ccccc2)cc1.c1ccc2[nH]ccc2c1.c1ccc2ccccc2c1.c1ccc2ncccc2c1.c1ccc2occc2c1.c1ccc2scnc2c1.c1ccccc1.c1ccncc1. The molecular formula is C126H164N12O3S. The molecule has 2 saturated heterocycles. The molecule has 7 aromatic heterocycles. The van der Waals surface area contributed by atoms with E-state index < -0.39 is 0 Å².